The van der Waals surface area contributed by atoms with E-state index in [-0.39, 0.29) is 24.0 Å². The second-order valence-corrected chi connectivity index (χ2v) is 7.10. The number of aryl methyl sites for hydroxylation is 1. The number of aromatic nitrogens is 1. The van der Waals surface area contributed by atoms with Crippen molar-refractivity contribution in [1.82, 2.24) is 10.4 Å². The molecular weight excluding hydrogens is 411 g/mol. The SMILES string of the molecule is Cc1ccc2nc(Cl)c(/C=N/NC(=O)CN3C(=O)COc4ccc(F)cc43)cc2c1. The number of carbonyl (C=O) groups is 2. The van der Waals surface area contributed by atoms with Crippen molar-refractivity contribution in [3.63, 3.8) is 0 Å². The summed E-state index contributed by atoms with van der Waals surface area (Å²) in [5, 5.41) is 5.04. The Labute approximate surface area is 176 Å². The van der Waals surface area contributed by atoms with Gasteiger partial charge in [-0.3, -0.25) is 14.5 Å². The van der Waals surface area contributed by atoms with Crippen LogP contribution in [0.25, 0.3) is 10.9 Å². The van der Waals surface area contributed by atoms with Crippen LogP contribution in [0.15, 0.2) is 47.6 Å². The minimum atomic E-state index is -0.558. The van der Waals surface area contributed by atoms with Crippen LogP contribution in [0, 0.1) is 12.7 Å². The molecule has 2 heterocycles. The third-order valence-electron chi connectivity index (χ3n) is 4.51. The summed E-state index contributed by atoms with van der Waals surface area (Å²) in [7, 11) is 0. The normalized spacial score (nSPS) is 13.4. The molecule has 0 radical (unpaired) electrons. The lowest BCUT2D eigenvalue weighted by Crippen LogP contribution is -2.44. The van der Waals surface area contributed by atoms with E-state index in [9.17, 15) is 14.0 Å². The average molecular weight is 427 g/mol. The molecular formula is C21H16ClFN4O3. The molecule has 0 bridgehead atoms. The van der Waals surface area contributed by atoms with Gasteiger partial charge in [-0.2, -0.15) is 5.10 Å². The Morgan fingerprint density at radius 2 is 2.17 bits per heavy atom. The zero-order valence-electron chi connectivity index (χ0n) is 15.9. The highest BCUT2D eigenvalue weighted by molar-refractivity contribution is 6.32. The van der Waals surface area contributed by atoms with Gasteiger partial charge in [0.05, 0.1) is 17.4 Å². The smallest absolute Gasteiger partial charge is 0.265 e. The Balaban J connectivity index is 1.47. The van der Waals surface area contributed by atoms with E-state index in [0.29, 0.717) is 11.3 Å². The predicted molar refractivity (Wildman–Crippen MR) is 111 cm³/mol. The number of carbonyl (C=O) groups excluding carboxylic acids is 2. The Hall–Kier alpha value is -3.52. The highest BCUT2D eigenvalue weighted by Crippen LogP contribution is 2.32. The first-order valence-corrected chi connectivity index (χ1v) is 9.40. The quantitative estimate of drug-likeness (QED) is 0.394. The number of hydrogen-bond acceptors (Lipinski definition) is 5. The fourth-order valence-electron chi connectivity index (χ4n) is 3.08. The first kappa shape index (κ1) is 19.8. The average Bonchev–Trinajstić information content (AvgIpc) is 2.71. The van der Waals surface area contributed by atoms with Crippen molar-refractivity contribution in [2.45, 2.75) is 6.92 Å². The van der Waals surface area contributed by atoms with Crippen molar-refractivity contribution >= 4 is 46.2 Å². The summed E-state index contributed by atoms with van der Waals surface area (Å²) in [5.41, 5.74) is 4.91. The zero-order chi connectivity index (χ0) is 21.3. The summed E-state index contributed by atoms with van der Waals surface area (Å²) in [6, 6.07) is 11.4. The molecule has 2 aromatic carbocycles. The highest BCUT2D eigenvalue weighted by atomic mass is 35.5. The maximum Gasteiger partial charge on any atom is 0.265 e. The van der Waals surface area contributed by atoms with E-state index in [4.69, 9.17) is 16.3 Å². The number of halogens is 2. The van der Waals surface area contributed by atoms with Gasteiger partial charge in [-0.1, -0.05) is 23.2 Å². The molecule has 1 aliphatic rings. The minimum Gasteiger partial charge on any atom is -0.482 e. The fraction of sp³-hybridized carbons (Fsp3) is 0.143. The molecule has 4 rings (SSSR count). The predicted octanol–water partition coefficient (Wildman–Crippen LogP) is 3.21. The molecule has 1 N–H and O–H groups in total. The number of hydrogen-bond donors (Lipinski definition) is 1. The molecule has 0 saturated carbocycles. The number of benzene rings is 2. The number of nitrogens with one attached hydrogen (secondary N) is 1. The molecule has 0 saturated heterocycles. The molecule has 0 atom stereocenters. The summed E-state index contributed by atoms with van der Waals surface area (Å²) in [6.45, 7) is 1.41. The Bertz CT molecular complexity index is 1200. The van der Waals surface area contributed by atoms with Crippen molar-refractivity contribution in [2.24, 2.45) is 5.10 Å². The number of anilines is 1. The monoisotopic (exact) mass is 426 g/mol. The van der Waals surface area contributed by atoms with E-state index in [1.54, 1.807) is 0 Å². The van der Waals surface area contributed by atoms with Crippen LogP contribution < -0.4 is 15.1 Å². The summed E-state index contributed by atoms with van der Waals surface area (Å²) in [4.78, 5) is 29.9. The minimum absolute atomic E-state index is 0.197. The molecule has 1 aromatic heterocycles. The lowest BCUT2D eigenvalue weighted by atomic mass is 10.1. The molecule has 3 aromatic rings. The maximum atomic E-state index is 13.6. The summed E-state index contributed by atoms with van der Waals surface area (Å²) in [6.07, 6.45) is 1.38. The van der Waals surface area contributed by atoms with Gasteiger partial charge in [0, 0.05) is 17.0 Å². The standard InChI is InChI=1S/C21H16ClFN4O3/c1-12-2-4-16-13(6-12)7-14(21(22)25-16)9-24-26-19(28)10-27-17-8-15(23)3-5-18(17)30-11-20(27)29/h2-9H,10-11H2,1H3,(H,26,28)/b24-9+. The summed E-state index contributed by atoms with van der Waals surface area (Å²) in [5.74, 6) is -1.22. The molecule has 1 aliphatic heterocycles. The second kappa shape index (κ2) is 8.08. The molecule has 9 heteroatoms. The molecule has 0 spiro atoms. The summed E-state index contributed by atoms with van der Waals surface area (Å²) >= 11 is 6.19. The van der Waals surface area contributed by atoms with Gasteiger partial charge in [0.15, 0.2) is 6.61 Å². The third-order valence-corrected chi connectivity index (χ3v) is 4.81. The van der Waals surface area contributed by atoms with Crippen LogP contribution >= 0.6 is 11.6 Å². The Morgan fingerprint density at radius 3 is 3.00 bits per heavy atom. The number of pyridine rings is 1. The maximum absolute atomic E-state index is 13.6. The van der Waals surface area contributed by atoms with E-state index < -0.39 is 17.6 Å². The van der Waals surface area contributed by atoms with E-state index in [1.165, 1.54) is 18.3 Å². The van der Waals surface area contributed by atoms with Crippen LogP contribution in [0.2, 0.25) is 5.15 Å². The number of fused-ring (bicyclic) bond motifs is 2. The van der Waals surface area contributed by atoms with E-state index in [0.717, 1.165) is 27.4 Å². The molecule has 30 heavy (non-hydrogen) atoms. The molecule has 7 nitrogen and oxygen atoms in total. The van der Waals surface area contributed by atoms with Gasteiger partial charge in [-0.15, -0.1) is 0 Å². The van der Waals surface area contributed by atoms with Crippen LogP contribution in [0.3, 0.4) is 0 Å². The second-order valence-electron chi connectivity index (χ2n) is 6.74. The number of nitrogens with zero attached hydrogens (tertiary/aromatic N) is 3. The van der Waals surface area contributed by atoms with Gasteiger partial charge in [0.2, 0.25) is 0 Å². The van der Waals surface area contributed by atoms with Crippen LogP contribution in [0.4, 0.5) is 10.1 Å². The Morgan fingerprint density at radius 1 is 1.33 bits per heavy atom. The van der Waals surface area contributed by atoms with Crippen molar-refractivity contribution in [3.8, 4) is 5.75 Å². The van der Waals surface area contributed by atoms with Crippen LogP contribution in [-0.4, -0.2) is 36.2 Å². The van der Waals surface area contributed by atoms with Gasteiger partial charge in [0.1, 0.15) is 23.3 Å². The van der Waals surface area contributed by atoms with Crippen LogP contribution in [0.5, 0.6) is 5.75 Å². The molecule has 152 valence electrons. The Kier molecular flexibility index (Phi) is 5.33. The van der Waals surface area contributed by atoms with E-state index in [2.05, 4.69) is 15.5 Å². The van der Waals surface area contributed by atoms with Gasteiger partial charge in [0.25, 0.3) is 11.8 Å². The highest BCUT2D eigenvalue weighted by Gasteiger charge is 2.27. The van der Waals surface area contributed by atoms with Gasteiger partial charge in [-0.05, 0) is 37.3 Å². The van der Waals surface area contributed by atoms with Crippen LogP contribution in [0.1, 0.15) is 11.1 Å². The third kappa shape index (κ3) is 4.08. The topological polar surface area (TPSA) is 83.9 Å². The molecule has 0 fully saturated rings. The van der Waals surface area contributed by atoms with Crippen LogP contribution in [-0.2, 0) is 9.59 Å². The fourth-order valence-corrected chi connectivity index (χ4v) is 3.28. The van der Waals surface area contributed by atoms with Crippen molar-refractivity contribution in [2.75, 3.05) is 18.1 Å². The van der Waals surface area contributed by atoms with Crippen molar-refractivity contribution in [1.29, 1.82) is 0 Å². The lowest BCUT2D eigenvalue weighted by Gasteiger charge is -2.28. The first-order valence-electron chi connectivity index (χ1n) is 9.02. The van der Waals surface area contributed by atoms with Gasteiger partial charge < -0.3 is 4.74 Å². The largest absolute Gasteiger partial charge is 0.482 e. The number of ether oxygens (including phenoxy) is 1. The van der Waals surface area contributed by atoms with E-state index in [1.807, 2.05) is 31.2 Å². The van der Waals surface area contributed by atoms with Crippen molar-refractivity contribution < 1.29 is 18.7 Å². The lowest BCUT2D eigenvalue weighted by molar-refractivity contribution is -0.125. The number of amides is 2. The summed E-state index contributed by atoms with van der Waals surface area (Å²) < 4.78 is 18.8. The van der Waals surface area contributed by atoms with Gasteiger partial charge >= 0.3 is 0 Å². The van der Waals surface area contributed by atoms with Gasteiger partial charge in [-0.25, -0.2) is 14.8 Å². The van der Waals surface area contributed by atoms with Crippen molar-refractivity contribution in [3.05, 3.63) is 64.6 Å². The van der Waals surface area contributed by atoms with E-state index >= 15 is 0 Å². The first-order chi connectivity index (χ1) is 14.4. The zero-order valence-corrected chi connectivity index (χ0v) is 16.6. The molecule has 2 amide bonds. The molecule has 0 aliphatic carbocycles. The number of hydrazone groups is 1. The number of rotatable bonds is 4. The molecule has 0 unspecified atom stereocenters.